The predicted molar refractivity (Wildman–Crippen MR) is 56.9 cm³/mol. The maximum Gasteiger partial charge on any atom is 0.573 e. The van der Waals surface area contributed by atoms with E-state index in [2.05, 4.69) is 20.7 Å². The lowest BCUT2D eigenvalue weighted by molar-refractivity contribution is -0.275. The largest absolute Gasteiger partial charge is 0.573 e. The van der Waals surface area contributed by atoms with E-state index in [1.807, 2.05) is 0 Å². The second kappa shape index (κ2) is 5.27. The summed E-state index contributed by atoms with van der Waals surface area (Å²) < 4.78 is 40.5. The summed E-state index contributed by atoms with van der Waals surface area (Å²) in [5.41, 5.74) is -0.620. The van der Waals surface area contributed by atoms with Crippen LogP contribution < -0.4 is 4.74 Å². The van der Waals surface area contributed by atoms with Gasteiger partial charge >= 0.3 is 12.3 Å². The summed E-state index contributed by atoms with van der Waals surface area (Å²) in [6, 6.07) is 3.92. The van der Waals surface area contributed by atoms with E-state index in [4.69, 9.17) is 10.4 Å². The molecule has 96 valence electrons. The van der Waals surface area contributed by atoms with E-state index in [0.717, 1.165) is 6.07 Å². The molecule has 1 N–H and O–H groups in total. The molecular formula is C10H5BrF3NO3. The number of benzene rings is 1. The molecule has 1 aromatic rings. The molecule has 0 saturated heterocycles. The summed E-state index contributed by atoms with van der Waals surface area (Å²) >= 11 is 2.93. The van der Waals surface area contributed by atoms with Crippen molar-refractivity contribution >= 4 is 21.9 Å². The van der Waals surface area contributed by atoms with Crippen LogP contribution >= 0.6 is 15.9 Å². The molecule has 0 aliphatic rings. The fourth-order valence-corrected chi connectivity index (χ4v) is 1.69. The standard InChI is InChI=1S/C10H5BrF3NO3/c11-7-2-1-5(4-15)9(18-10(12,13)14)6(7)3-8(16)17/h1-2H,3H2,(H,16,17). The van der Waals surface area contributed by atoms with Crippen LogP contribution in [0.15, 0.2) is 16.6 Å². The van der Waals surface area contributed by atoms with Crippen molar-refractivity contribution in [2.24, 2.45) is 0 Å². The minimum absolute atomic E-state index is 0.128. The summed E-state index contributed by atoms with van der Waals surface area (Å²) in [5.74, 6) is -2.13. The first-order valence-electron chi connectivity index (χ1n) is 4.43. The summed E-state index contributed by atoms with van der Waals surface area (Å²) in [5, 5.41) is 17.3. The Morgan fingerprint density at radius 2 is 2.11 bits per heavy atom. The number of aliphatic carboxylic acids is 1. The maximum atomic E-state index is 12.2. The van der Waals surface area contributed by atoms with Gasteiger partial charge in [-0.25, -0.2) is 0 Å². The number of carboxylic acids is 1. The van der Waals surface area contributed by atoms with Gasteiger partial charge in [0.2, 0.25) is 0 Å². The van der Waals surface area contributed by atoms with Crippen LogP contribution in [-0.4, -0.2) is 17.4 Å². The quantitative estimate of drug-likeness (QED) is 0.928. The van der Waals surface area contributed by atoms with Crippen molar-refractivity contribution in [2.45, 2.75) is 12.8 Å². The molecule has 0 spiro atoms. The Morgan fingerprint density at radius 1 is 1.50 bits per heavy atom. The van der Waals surface area contributed by atoms with Crippen molar-refractivity contribution in [1.82, 2.24) is 0 Å². The average molecular weight is 324 g/mol. The highest BCUT2D eigenvalue weighted by Crippen LogP contribution is 2.34. The van der Waals surface area contributed by atoms with Crippen molar-refractivity contribution in [2.75, 3.05) is 0 Å². The Hall–Kier alpha value is -1.75. The molecule has 18 heavy (non-hydrogen) atoms. The summed E-state index contributed by atoms with van der Waals surface area (Å²) in [4.78, 5) is 10.6. The minimum atomic E-state index is -5.00. The number of carboxylic acid groups (broad SMARTS) is 1. The summed E-state index contributed by atoms with van der Waals surface area (Å²) in [6.07, 6.45) is -5.69. The molecule has 0 heterocycles. The smallest absolute Gasteiger partial charge is 0.481 e. The number of alkyl halides is 3. The molecule has 0 aliphatic carbocycles. The first-order chi connectivity index (χ1) is 8.24. The van der Waals surface area contributed by atoms with Crippen molar-refractivity contribution in [3.63, 3.8) is 0 Å². The molecule has 0 radical (unpaired) electrons. The number of rotatable bonds is 3. The van der Waals surface area contributed by atoms with Gasteiger partial charge in [0.1, 0.15) is 6.07 Å². The zero-order valence-corrected chi connectivity index (χ0v) is 10.2. The molecular weight excluding hydrogens is 319 g/mol. The number of hydrogen-bond donors (Lipinski definition) is 1. The maximum absolute atomic E-state index is 12.2. The third-order valence-electron chi connectivity index (χ3n) is 1.87. The van der Waals surface area contributed by atoms with Gasteiger partial charge in [-0.3, -0.25) is 4.79 Å². The molecule has 0 aliphatic heterocycles. The Balaban J connectivity index is 3.37. The molecule has 4 nitrogen and oxygen atoms in total. The topological polar surface area (TPSA) is 70.3 Å². The molecule has 1 aromatic carbocycles. The first kappa shape index (κ1) is 14.3. The lowest BCUT2D eigenvalue weighted by atomic mass is 10.1. The lowest BCUT2D eigenvalue weighted by Crippen LogP contribution is -2.19. The number of nitriles is 1. The van der Waals surface area contributed by atoms with Gasteiger partial charge in [0.15, 0.2) is 5.75 Å². The number of ether oxygens (including phenoxy) is 1. The summed E-state index contributed by atoms with van der Waals surface area (Å²) in [7, 11) is 0. The highest BCUT2D eigenvalue weighted by molar-refractivity contribution is 9.10. The fraction of sp³-hybridized carbons (Fsp3) is 0.200. The molecule has 0 atom stereocenters. The third-order valence-corrected chi connectivity index (χ3v) is 2.61. The van der Waals surface area contributed by atoms with Crippen LogP contribution in [0.3, 0.4) is 0 Å². The lowest BCUT2D eigenvalue weighted by Gasteiger charge is -2.14. The first-order valence-corrected chi connectivity index (χ1v) is 5.23. The van der Waals surface area contributed by atoms with Crippen LogP contribution in [0.1, 0.15) is 11.1 Å². The predicted octanol–water partition coefficient (Wildman–Crippen LogP) is 2.85. The van der Waals surface area contributed by atoms with Gasteiger partial charge < -0.3 is 9.84 Å². The molecule has 0 amide bonds. The van der Waals surface area contributed by atoms with Crippen LogP contribution in [0.4, 0.5) is 13.2 Å². The highest BCUT2D eigenvalue weighted by Gasteiger charge is 2.34. The number of nitrogens with zero attached hydrogens (tertiary/aromatic N) is 1. The second-order valence-corrected chi connectivity index (χ2v) is 3.99. The zero-order valence-electron chi connectivity index (χ0n) is 8.58. The van der Waals surface area contributed by atoms with Gasteiger partial charge in [-0.05, 0) is 12.1 Å². The highest BCUT2D eigenvalue weighted by atomic mass is 79.9. The Kier molecular flexibility index (Phi) is 4.19. The van der Waals surface area contributed by atoms with Gasteiger partial charge in [-0.1, -0.05) is 15.9 Å². The molecule has 8 heteroatoms. The van der Waals surface area contributed by atoms with Crippen LogP contribution in [0.25, 0.3) is 0 Å². The van der Waals surface area contributed by atoms with Crippen molar-refractivity contribution in [3.8, 4) is 11.8 Å². The van der Waals surface area contributed by atoms with Crippen molar-refractivity contribution in [3.05, 3.63) is 27.7 Å². The molecule has 0 unspecified atom stereocenters. The molecule has 0 aromatic heterocycles. The Morgan fingerprint density at radius 3 is 2.56 bits per heavy atom. The van der Waals surface area contributed by atoms with E-state index in [1.54, 1.807) is 0 Å². The monoisotopic (exact) mass is 323 g/mol. The van der Waals surface area contributed by atoms with E-state index in [-0.39, 0.29) is 15.6 Å². The van der Waals surface area contributed by atoms with E-state index in [1.165, 1.54) is 12.1 Å². The van der Waals surface area contributed by atoms with Crippen LogP contribution in [-0.2, 0) is 11.2 Å². The molecule has 0 bridgehead atoms. The van der Waals surface area contributed by atoms with Crippen LogP contribution in [0, 0.1) is 11.3 Å². The molecule has 0 saturated carbocycles. The second-order valence-electron chi connectivity index (χ2n) is 3.13. The van der Waals surface area contributed by atoms with Gasteiger partial charge in [0, 0.05) is 10.0 Å². The van der Waals surface area contributed by atoms with Gasteiger partial charge in [0.25, 0.3) is 0 Å². The fourth-order valence-electron chi connectivity index (χ4n) is 1.24. The molecule has 1 rings (SSSR count). The van der Waals surface area contributed by atoms with E-state index in [9.17, 15) is 18.0 Å². The Labute approximate surface area is 108 Å². The van der Waals surface area contributed by atoms with Gasteiger partial charge in [-0.15, -0.1) is 13.2 Å². The average Bonchev–Trinajstić information content (AvgIpc) is 2.21. The van der Waals surface area contributed by atoms with Gasteiger partial charge in [0.05, 0.1) is 12.0 Å². The van der Waals surface area contributed by atoms with E-state index >= 15 is 0 Å². The minimum Gasteiger partial charge on any atom is -0.481 e. The normalized spacial score (nSPS) is 10.8. The Bertz CT molecular complexity index is 522. The van der Waals surface area contributed by atoms with E-state index in [0.29, 0.717) is 0 Å². The van der Waals surface area contributed by atoms with E-state index < -0.39 is 24.5 Å². The number of carbonyl (C=O) groups is 1. The SMILES string of the molecule is N#Cc1ccc(Br)c(CC(=O)O)c1OC(F)(F)F. The summed E-state index contributed by atoms with van der Waals surface area (Å²) in [6.45, 7) is 0. The zero-order chi connectivity index (χ0) is 13.9. The van der Waals surface area contributed by atoms with Gasteiger partial charge in [-0.2, -0.15) is 5.26 Å². The van der Waals surface area contributed by atoms with Crippen molar-refractivity contribution < 1.29 is 27.8 Å². The molecule has 0 fully saturated rings. The number of hydrogen-bond acceptors (Lipinski definition) is 3. The number of halogens is 4. The van der Waals surface area contributed by atoms with Crippen molar-refractivity contribution in [1.29, 1.82) is 5.26 Å². The van der Waals surface area contributed by atoms with Crippen LogP contribution in [0.5, 0.6) is 5.75 Å². The van der Waals surface area contributed by atoms with Crippen LogP contribution in [0.2, 0.25) is 0 Å². The third kappa shape index (κ3) is 3.63.